The summed E-state index contributed by atoms with van der Waals surface area (Å²) in [5.41, 5.74) is 2.50. The molecule has 0 heterocycles. The Kier molecular flexibility index (Phi) is 10.9. The fraction of sp³-hybridized carbons (Fsp3) is 0.440. The molecule has 0 saturated heterocycles. The van der Waals surface area contributed by atoms with E-state index in [0.717, 1.165) is 30.0 Å². The van der Waals surface area contributed by atoms with Gasteiger partial charge in [-0.15, -0.1) is 0 Å². The van der Waals surface area contributed by atoms with Crippen molar-refractivity contribution in [2.45, 2.75) is 65.2 Å². The van der Waals surface area contributed by atoms with Gasteiger partial charge in [-0.05, 0) is 62.0 Å². The Balaban J connectivity index is 1.63. The van der Waals surface area contributed by atoms with Crippen LogP contribution in [0, 0.1) is 6.92 Å². The smallest absolute Gasteiger partial charge is 0.257 e. The number of thiocarbonyl (C=S) groups is 1. The summed E-state index contributed by atoms with van der Waals surface area (Å²) >= 11 is 5.24. The molecule has 2 aromatic carbocycles. The Labute approximate surface area is 186 Å². The normalized spacial score (nSPS) is 10.5. The lowest BCUT2D eigenvalue weighted by Crippen LogP contribution is -2.34. The molecule has 0 aliphatic rings. The second kappa shape index (κ2) is 13.8. The minimum atomic E-state index is -0.224. The lowest BCUT2D eigenvalue weighted by atomic mass is 10.1. The van der Waals surface area contributed by atoms with Crippen molar-refractivity contribution in [3.63, 3.8) is 0 Å². The lowest BCUT2D eigenvalue weighted by molar-refractivity contribution is 0.0977. The van der Waals surface area contributed by atoms with E-state index in [0.29, 0.717) is 5.56 Å². The number of carbonyl (C=O) groups excluding carboxylic acids is 1. The maximum atomic E-state index is 12.2. The number of hydrogen-bond donors (Lipinski definition) is 2. The van der Waals surface area contributed by atoms with E-state index in [9.17, 15) is 4.79 Å². The van der Waals surface area contributed by atoms with Crippen LogP contribution in [0.5, 0.6) is 5.75 Å². The number of carbonyl (C=O) groups is 1. The number of benzene rings is 2. The highest BCUT2D eigenvalue weighted by Crippen LogP contribution is 2.16. The molecule has 0 bridgehead atoms. The standard InChI is InChI=1S/C25H34N2O2S/c1-3-4-5-6-7-8-9-10-19-29-23-17-15-22(16-18-23)26-25(30)27-24(28)21-13-11-20(2)12-14-21/h11-18H,3-10,19H2,1-2H3,(H2,26,27,28,30). The van der Waals surface area contributed by atoms with E-state index in [1.807, 2.05) is 43.3 Å². The summed E-state index contributed by atoms with van der Waals surface area (Å²) in [6, 6.07) is 15.0. The van der Waals surface area contributed by atoms with Crippen molar-refractivity contribution in [2.75, 3.05) is 11.9 Å². The fourth-order valence-electron chi connectivity index (χ4n) is 3.10. The maximum Gasteiger partial charge on any atom is 0.257 e. The molecule has 0 saturated carbocycles. The Bertz CT molecular complexity index is 773. The number of amides is 1. The van der Waals surface area contributed by atoms with E-state index >= 15 is 0 Å². The van der Waals surface area contributed by atoms with Gasteiger partial charge in [-0.25, -0.2) is 0 Å². The van der Waals surface area contributed by atoms with E-state index in [1.165, 1.54) is 44.9 Å². The van der Waals surface area contributed by atoms with Crippen LogP contribution < -0.4 is 15.4 Å². The first-order valence-electron chi connectivity index (χ1n) is 11.0. The highest BCUT2D eigenvalue weighted by atomic mass is 32.1. The van der Waals surface area contributed by atoms with E-state index < -0.39 is 0 Å². The number of aryl methyl sites for hydroxylation is 1. The molecule has 0 aliphatic carbocycles. The van der Waals surface area contributed by atoms with Crippen molar-refractivity contribution in [2.24, 2.45) is 0 Å². The number of unbranched alkanes of at least 4 members (excludes halogenated alkanes) is 7. The second-order valence-corrected chi connectivity index (χ2v) is 8.03. The first-order chi connectivity index (χ1) is 14.6. The number of rotatable bonds is 12. The summed E-state index contributed by atoms with van der Waals surface area (Å²) in [6.07, 6.45) is 10.3. The Morgan fingerprint density at radius 3 is 2.10 bits per heavy atom. The predicted octanol–water partition coefficient (Wildman–Crippen LogP) is 6.64. The van der Waals surface area contributed by atoms with Crippen molar-refractivity contribution in [3.8, 4) is 5.75 Å². The third-order valence-corrected chi connectivity index (χ3v) is 5.12. The van der Waals surface area contributed by atoms with Crippen molar-refractivity contribution in [1.82, 2.24) is 5.32 Å². The number of hydrogen-bond acceptors (Lipinski definition) is 3. The van der Waals surface area contributed by atoms with Gasteiger partial charge in [0, 0.05) is 11.3 Å². The molecule has 2 rings (SSSR count). The molecule has 4 nitrogen and oxygen atoms in total. The molecule has 1 amide bonds. The van der Waals surface area contributed by atoms with Gasteiger partial charge >= 0.3 is 0 Å². The first kappa shape index (κ1) is 23.9. The summed E-state index contributed by atoms with van der Waals surface area (Å²) in [4.78, 5) is 12.2. The van der Waals surface area contributed by atoms with E-state index in [-0.39, 0.29) is 11.0 Å². The molecular weight excluding hydrogens is 392 g/mol. The quantitative estimate of drug-likeness (QED) is 0.295. The Morgan fingerprint density at radius 1 is 0.867 bits per heavy atom. The van der Waals surface area contributed by atoms with Crippen molar-refractivity contribution in [3.05, 3.63) is 59.7 Å². The topological polar surface area (TPSA) is 50.4 Å². The van der Waals surface area contributed by atoms with Crippen LogP contribution in [-0.2, 0) is 0 Å². The summed E-state index contributed by atoms with van der Waals surface area (Å²) in [7, 11) is 0. The van der Waals surface area contributed by atoms with Crippen LogP contribution >= 0.6 is 12.2 Å². The SMILES string of the molecule is CCCCCCCCCCOc1ccc(NC(=S)NC(=O)c2ccc(C)cc2)cc1. The first-order valence-corrected chi connectivity index (χ1v) is 11.4. The van der Waals surface area contributed by atoms with Gasteiger partial charge in [-0.3, -0.25) is 10.1 Å². The van der Waals surface area contributed by atoms with Crippen LogP contribution in [0.3, 0.4) is 0 Å². The third-order valence-electron chi connectivity index (χ3n) is 4.92. The van der Waals surface area contributed by atoms with Crippen LogP contribution in [0.4, 0.5) is 5.69 Å². The average Bonchev–Trinajstić information content (AvgIpc) is 2.74. The molecule has 0 aliphatic heterocycles. The lowest BCUT2D eigenvalue weighted by Gasteiger charge is -2.11. The van der Waals surface area contributed by atoms with Crippen molar-refractivity contribution < 1.29 is 9.53 Å². The molecule has 0 atom stereocenters. The van der Waals surface area contributed by atoms with Crippen molar-refractivity contribution in [1.29, 1.82) is 0 Å². The largest absolute Gasteiger partial charge is 0.494 e. The summed E-state index contributed by atoms with van der Waals surface area (Å²) in [5, 5.41) is 6.00. The molecule has 0 fully saturated rings. The van der Waals surface area contributed by atoms with Gasteiger partial charge in [-0.1, -0.05) is 69.6 Å². The molecule has 30 heavy (non-hydrogen) atoms. The minimum Gasteiger partial charge on any atom is -0.494 e. The molecule has 0 radical (unpaired) electrons. The van der Waals surface area contributed by atoms with E-state index in [4.69, 9.17) is 17.0 Å². The summed E-state index contributed by atoms with van der Waals surface area (Å²) in [5.74, 6) is 0.621. The average molecular weight is 427 g/mol. The van der Waals surface area contributed by atoms with Crippen molar-refractivity contribution >= 4 is 28.9 Å². The van der Waals surface area contributed by atoms with Gasteiger partial charge in [0.15, 0.2) is 5.11 Å². The van der Waals surface area contributed by atoms with Crippen LogP contribution in [0.1, 0.15) is 74.2 Å². The number of nitrogens with one attached hydrogen (secondary N) is 2. The zero-order valence-corrected chi connectivity index (χ0v) is 19.0. The van der Waals surface area contributed by atoms with E-state index in [1.54, 1.807) is 12.1 Å². The Hall–Kier alpha value is -2.40. The van der Waals surface area contributed by atoms with Gasteiger partial charge < -0.3 is 10.1 Å². The number of ether oxygens (including phenoxy) is 1. The molecule has 0 spiro atoms. The molecule has 0 unspecified atom stereocenters. The highest BCUT2D eigenvalue weighted by molar-refractivity contribution is 7.80. The molecular formula is C25H34N2O2S. The predicted molar refractivity (Wildman–Crippen MR) is 129 cm³/mol. The second-order valence-electron chi connectivity index (χ2n) is 7.62. The van der Waals surface area contributed by atoms with Gasteiger partial charge in [0.05, 0.1) is 6.61 Å². The molecule has 162 valence electrons. The monoisotopic (exact) mass is 426 g/mol. The number of anilines is 1. The zero-order valence-electron chi connectivity index (χ0n) is 18.2. The van der Waals surface area contributed by atoms with Gasteiger partial charge in [0.2, 0.25) is 0 Å². The summed E-state index contributed by atoms with van der Waals surface area (Å²) in [6.45, 7) is 4.97. The van der Waals surface area contributed by atoms with Gasteiger partial charge in [0.1, 0.15) is 5.75 Å². The Morgan fingerprint density at radius 2 is 1.47 bits per heavy atom. The molecule has 2 N–H and O–H groups in total. The highest BCUT2D eigenvalue weighted by Gasteiger charge is 2.07. The van der Waals surface area contributed by atoms with Crippen LogP contribution in [-0.4, -0.2) is 17.6 Å². The summed E-state index contributed by atoms with van der Waals surface area (Å²) < 4.78 is 5.81. The molecule has 2 aromatic rings. The zero-order chi connectivity index (χ0) is 21.6. The maximum absolute atomic E-state index is 12.2. The van der Waals surface area contributed by atoms with Gasteiger partial charge in [-0.2, -0.15) is 0 Å². The van der Waals surface area contributed by atoms with E-state index in [2.05, 4.69) is 17.6 Å². The van der Waals surface area contributed by atoms with Crippen LogP contribution in [0.15, 0.2) is 48.5 Å². The molecule has 0 aromatic heterocycles. The fourth-order valence-corrected chi connectivity index (χ4v) is 3.31. The van der Waals surface area contributed by atoms with Gasteiger partial charge in [0.25, 0.3) is 5.91 Å². The molecule has 5 heteroatoms. The van der Waals surface area contributed by atoms with Crippen LogP contribution in [0.25, 0.3) is 0 Å². The third kappa shape index (κ3) is 9.40. The minimum absolute atomic E-state index is 0.224. The van der Waals surface area contributed by atoms with Crippen LogP contribution in [0.2, 0.25) is 0 Å².